The third-order valence-corrected chi connectivity index (χ3v) is 7.32. The van der Waals surface area contributed by atoms with Crippen LogP contribution in [0.1, 0.15) is 30.1 Å². The first-order valence-electron chi connectivity index (χ1n) is 11.2. The number of alkyl halides is 3. The number of fused-ring (bicyclic) bond motifs is 1. The molecule has 4 aromatic rings. The maximum absolute atomic E-state index is 14.3. The Morgan fingerprint density at radius 3 is 2.35 bits per heavy atom. The van der Waals surface area contributed by atoms with Crippen LogP contribution in [0.3, 0.4) is 0 Å². The third kappa shape index (κ3) is 5.05. The molecule has 9 nitrogen and oxygen atoms in total. The number of nitrogens with one attached hydrogen (secondary N) is 1. The molecular formula is C23H21F4N7O2S. The second kappa shape index (κ2) is 9.25. The smallest absolute Gasteiger partial charge is 0.341 e. The van der Waals surface area contributed by atoms with Gasteiger partial charge in [0.2, 0.25) is 5.95 Å². The Balaban J connectivity index is 1.31. The van der Waals surface area contributed by atoms with Crippen LogP contribution in [0.25, 0.3) is 5.52 Å². The van der Waals surface area contributed by atoms with E-state index in [2.05, 4.69) is 25.3 Å². The summed E-state index contributed by atoms with van der Waals surface area (Å²) in [6, 6.07) is 3.75. The molecule has 1 aromatic carbocycles. The van der Waals surface area contributed by atoms with E-state index in [1.54, 1.807) is 18.6 Å². The second-order valence-electron chi connectivity index (χ2n) is 8.72. The summed E-state index contributed by atoms with van der Waals surface area (Å²) in [5.74, 6) is 0.687. The van der Waals surface area contributed by atoms with E-state index in [9.17, 15) is 26.0 Å². The van der Waals surface area contributed by atoms with Gasteiger partial charge in [-0.05, 0) is 31.0 Å². The molecule has 0 saturated carbocycles. The van der Waals surface area contributed by atoms with Gasteiger partial charge in [-0.15, -0.1) is 0 Å². The Labute approximate surface area is 209 Å². The zero-order chi connectivity index (χ0) is 26.4. The van der Waals surface area contributed by atoms with E-state index in [-0.39, 0.29) is 16.8 Å². The summed E-state index contributed by atoms with van der Waals surface area (Å²) in [5, 5.41) is 3.01. The molecular weight excluding hydrogens is 514 g/mol. The standard InChI is InChI=1S/C23H21F4N7O2S/c1-37(35,36)19-3-2-16(10-17(19)24)32-20-18-13-29-21(34(18)9-6-28-20)14-4-7-33(8-5-14)22-30-11-15(12-31-22)23(25,26)27/h2-3,6,9-14H,4-5,7-8H2,1H3,(H,28,32). The van der Waals surface area contributed by atoms with Crippen LogP contribution in [-0.4, -0.2) is 52.1 Å². The molecule has 0 radical (unpaired) electrons. The summed E-state index contributed by atoms with van der Waals surface area (Å²) < 4.78 is 77.9. The van der Waals surface area contributed by atoms with Crippen molar-refractivity contribution in [3.8, 4) is 0 Å². The van der Waals surface area contributed by atoms with Crippen molar-refractivity contribution in [2.75, 3.05) is 29.6 Å². The van der Waals surface area contributed by atoms with E-state index in [1.807, 2.05) is 9.30 Å². The molecule has 37 heavy (non-hydrogen) atoms. The highest BCUT2D eigenvalue weighted by Crippen LogP contribution is 2.32. The van der Waals surface area contributed by atoms with Crippen LogP contribution in [0.2, 0.25) is 0 Å². The maximum Gasteiger partial charge on any atom is 0.419 e. The van der Waals surface area contributed by atoms with Crippen molar-refractivity contribution in [3.63, 3.8) is 0 Å². The van der Waals surface area contributed by atoms with Crippen molar-refractivity contribution < 1.29 is 26.0 Å². The number of benzene rings is 1. The van der Waals surface area contributed by atoms with Crippen molar-refractivity contribution in [1.29, 1.82) is 0 Å². The zero-order valence-corrected chi connectivity index (χ0v) is 20.3. The van der Waals surface area contributed by atoms with Gasteiger partial charge >= 0.3 is 6.18 Å². The molecule has 0 spiro atoms. The fraction of sp³-hybridized carbons (Fsp3) is 0.304. The number of hydrogen-bond acceptors (Lipinski definition) is 8. The molecule has 0 atom stereocenters. The van der Waals surface area contributed by atoms with Crippen molar-refractivity contribution >= 4 is 32.8 Å². The minimum absolute atomic E-state index is 0.0786. The fourth-order valence-electron chi connectivity index (χ4n) is 4.33. The first kappa shape index (κ1) is 24.9. The fourth-order valence-corrected chi connectivity index (χ4v) is 5.06. The average molecular weight is 536 g/mol. The third-order valence-electron chi connectivity index (χ3n) is 6.19. The SMILES string of the molecule is CS(=O)(=O)c1ccc(Nc2nccn3c(C4CCN(c5ncc(C(F)(F)F)cn5)CC4)ncc23)cc1F. The number of piperidine rings is 1. The Bertz CT molecular complexity index is 1550. The van der Waals surface area contributed by atoms with Crippen LogP contribution in [-0.2, 0) is 16.0 Å². The molecule has 1 fully saturated rings. The van der Waals surface area contributed by atoms with Gasteiger partial charge in [-0.1, -0.05) is 0 Å². The lowest BCUT2D eigenvalue weighted by Crippen LogP contribution is -2.34. The summed E-state index contributed by atoms with van der Waals surface area (Å²) in [4.78, 5) is 18.1. The van der Waals surface area contributed by atoms with Crippen LogP contribution in [0, 0.1) is 5.82 Å². The highest BCUT2D eigenvalue weighted by atomic mass is 32.2. The van der Waals surface area contributed by atoms with Crippen molar-refractivity contribution in [2.24, 2.45) is 0 Å². The highest BCUT2D eigenvalue weighted by Gasteiger charge is 2.32. The van der Waals surface area contributed by atoms with Crippen LogP contribution < -0.4 is 10.2 Å². The number of imidazole rings is 1. The quantitative estimate of drug-likeness (QED) is 0.379. The van der Waals surface area contributed by atoms with Gasteiger partial charge in [-0.3, -0.25) is 4.40 Å². The van der Waals surface area contributed by atoms with E-state index in [0.29, 0.717) is 43.0 Å². The molecule has 0 aliphatic carbocycles. The summed E-state index contributed by atoms with van der Waals surface area (Å²) >= 11 is 0. The van der Waals surface area contributed by atoms with Gasteiger partial charge in [0.15, 0.2) is 15.7 Å². The Morgan fingerprint density at radius 1 is 1.03 bits per heavy atom. The van der Waals surface area contributed by atoms with Gasteiger partial charge in [0, 0.05) is 55.7 Å². The zero-order valence-electron chi connectivity index (χ0n) is 19.4. The molecule has 5 rings (SSSR count). The van der Waals surface area contributed by atoms with Gasteiger partial charge in [0.1, 0.15) is 22.1 Å². The van der Waals surface area contributed by atoms with Gasteiger partial charge in [-0.25, -0.2) is 32.7 Å². The highest BCUT2D eigenvalue weighted by molar-refractivity contribution is 7.90. The summed E-state index contributed by atoms with van der Waals surface area (Å²) in [5.41, 5.74) is 0.0961. The molecule has 194 valence electrons. The van der Waals surface area contributed by atoms with Crippen molar-refractivity contribution in [1.82, 2.24) is 24.3 Å². The second-order valence-corrected chi connectivity index (χ2v) is 10.7. The predicted molar refractivity (Wildman–Crippen MR) is 127 cm³/mol. The number of anilines is 3. The molecule has 3 aromatic heterocycles. The van der Waals surface area contributed by atoms with Gasteiger partial charge in [-0.2, -0.15) is 13.2 Å². The molecule has 1 aliphatic heterocycles. The van der Waals surface area contributed by atoms with Crippen molar-refractivity contribution in [2.45, 2.75) is 29.8 Å². The van der Waals surface area contributed by atoms with Gasteiger partial charge in [0.25, 0.3) is 0 Å². The predicted octanol–water partition coefficient (Wildman–Crippen LogP) is 4.21. The number of halogens is 4. The molecule has 0 bridgehead atoms. The number of sulfone groups is 1. The number of nitrogens with zero attached hydrogens (tertiary/aromatic N) is 6. The lowest BCUT2D eigenvalue weighted by molar-refractivity contribution is -0.138. The van der Waals surface area contributed by atoms with E-state index >= 15 is 0 Å². The molecule has 1 N–H and O–H groups in total. The lowest BCUT2D eigenvalue weighted by atomic mass is 9.96. The molecule has 0 unspecified atom stereocenters. The van der Waals surface area contributed by atoms with Crippen LogP contribution >= 0.6 is 0 Å². The minimum Gasteiger partial charge on any atom is -0.341 e. The monoisotopic (exact) mass is 535 g/mol. The summed E-state index contributed by atoms with van der Waals surface area (Å²) in [6.45, 7) is 1.10. The summed E-state index contributed by atoms with van der Waals surface area (Å²) in [6.07, 6.45) is 4.40. The largest absolute Gasteiger partial charge is 0.419 e. The number of aromatic nitrogens is 5. The Hall–Kier alpha value is -3.81. The molecule has 4 heterocycles. The Kier molecular flexibility index (Phi) is 6.22. The summed E-state index contributed by atoms with van der Waals surface area (Å²) in [7, 11) is -3.69. The lowest BCUT2D eigenvalue weighted by Gasteiger charge is -2.31. The number of hydrogen-bond donors (Lipinski definition) is 1. The molecule has 14 heteroatoms. The van der Waals surface area contributed by atoms with E-state index in [4.69, 9.17) is 0 Å². The first-order valence-corrected chi connectivity index (χ1v) is 13.1. The average Bonchev–Trinajstić information content (AvgIpc) is 3.28. The topological polar surface area (TPSA) is 105 Å². The molecule has 1 saturated heterocycles. The van der Waals surface area contributed by atoms with Gasteiger partial charge < -0.3 is 10.2 Å². The van der Waals surface area contributed by atoms with Crippen molar-refractivity contribution in [3.05, 3.63) is 66.4 Å². The first-order chi connectivity index (χ1) is 17.5. The van der Waals surface area contributed by atoms with Crippen LogP contribution in [0.5, 0.6) is 0 Å². The van der Waals surface area contributed by atoms with Crippen LogP contribution in [0.15, 0.2) is 54.1 Å². The Morgan fingerprint density at radius 2 is 1.73 bits per heavy atom. The normalized spacial score (nSPS) is 15.3. The molecule has 1 aliphatic rings. The van der Waals surface area contributed by atoms with E-state index < -0.39 is 27.4 Å². The molecule has 0 amide bonds. The minimum atomic E-state index is -4.48. The van der Waals surface area contributed by atoms with E-state index in [1.165, 1.54) is 12.1 Å². The van der Waals surface area contributed by atoms with Gasteiger partial charge in [0.05, 0.1) is 11.8 Å². The number of rotatable bonds is 5. The van der Waals surface area contributed by atoms with Crippen LogP contribution in [0.4, 0.5) is 35.0 Å². The maximum atomic E-state index is 14.3. The van der Waals surface area contributed by atoms with E-state index in [0.717, 1.165) is 30.5 Å².